The SMILES string of the molecule is C=CC(=O)N1CCO[C@H](C(=O)N(C)[C@H](C(=O)N[C@@]2(C)Cc3cccc(c3)-c3ccc4c(c3)c(c(-c3cnccc3[C@H](C)OC)n4CC)CC(C)(C)COC(=O)[C@@H]3CCCN(N3)C2=O)C(C)C)C1. The molecule has 15 nitrogen and oxygen atoms in total. The molecule has 5 heterocycles. The number of hydrogen-bond donors (Lipinski definition) is 2. The van der Waals surface area contributed by atoms with Crippen LogP contribution >= 0.6 is 0 Å². The van der Waals surface area contributed by atoms with E-state index < -0.39 is 52.8 Å². The standard InChI is InChI=1S/C52H67N7O8/c1-11-44(60)57-23-24-66-43(30-57)48(62)56(9)45(32(3)4)47(61)54-52(8)27-34-15-13-16-35(25-34)36-18-19-42-38(26-36)39(46(58(42)12-2)40-29-53-21-20-37(40)33(5)65-10)28-51(6,7)31-67-49(63)41-17-14-22-59(55-41)50(52)64/h11,13,15-16,18-21,25-26,29,32-33,41,43,45,55H,1,12,14,17,22-24,27-28,30-31H2,2-10H3,(H,54,61)/t33-,41-,43-,45-,52-/m0/s1. The van der Waals surface area contributed by atoms with Crippen molar-refractivity contribution in [1.29, 1.82) is 0 Å². The number of morpholine rings is 1. The molecule has 5 atom stereocenters. The number of rotatable bonds is 10. The first kappa shape index (κ1) is 49.0. The smallest absolute Gasteiger partial charge is 0.324 e. The van der Waals surface area contributed by atoms with Crippen LogP contribution in [0.1, 0.15) is 84.1 Å². The van der Waals surface area contributed by atoms with Crippen molar-refractivity contribution in [2.75, 3.05) is 47.0 Å². The van der Waals surface area contributed by atoms with E-state index in [2.05, 4.69) is 71.9 Å². The van der Waals surface area contributed by atoms with Crippen molar-refractivity contribution in [2.45, 2.75) is 111 Å². The number of hydrogen-bond acceptors (Lipinski definition) is 10. The summed E-state index contributed by atoms with van der Waals surface area (Å²) in [6.45, 7) is 18.9. The topological polar surface area (TPSA) is 165 Å². The highest BCUT2D eigenvalue weighted by atomic mass is 16.5. The summed E-state index contributed by atoms with van der Waals surface area (Å²) in [5, 5.41) is 5.60. The molecule has 358 valence electrons. The number of cyclic esters (lactones) is 1. The Morgan fingerprint density at radius 1 is 1.06 bits per heavy atom. The molecule has 2 saturated heterocycles. The van der Waals surface area contributed by atoms with Gasteiger partial charge in [0, 0.05) is 74.5 Å². The van der Waals surface area contributed by atoms with Gasteiger partial charge in [-0.1, -0.05) is 64.6 Å². The van der Waals surface area contributed by atoms with E-state index in [0.29, 0.717) is 38.9 Å². The van der Waals surface area contributed by atoms with Gasteiger partial charge in [-0.05, 0) is 98.0 Å². The maximum Gasteiger partial charge on any atom is 0.324 e. The summed E-state index contributed by atoms with van der Waals surface area (Å²) in [6, 6.07) is 14.7. The lowest BCUT2D eigenvalue weighted by atomic mass is 9.83. The summed E-state index contributed by atoms with van der Waals surface area (Å²) in [4.78, 5) is 77.6. The number of likely N-dealkylation sites (N-methyl/N-ethyl adjacent to an activating group) is 1. The van der Waals surface area contributed by atoms with Gasteiger partial charge in [0.05, 0.1) is 31.6 Å². The number of methoxy groups -OCH3 is 1. The highest BCUT2D eigenvalue weighted by Crippen LogP contribution is 2.42. The van der Waals surface area contributed by atoms with Gasteiger partial charge in [-0.25, -0.2) is 5.43 Å². The normalized spacial score (nSPS) is 22.1. The number of carbonyl (C=O) groups excluding carboxylic acids is 5. The molecule has 67 heavy (non-hydrogen) atoms. The second-order valence-corrected chi connectivity index (χ2v) is 19.6. The van der Waals surface area contributed by atoms with Crippen molar-refractivity contribution in [3.8, 4) is 22.4 Å². The van der Waals surface area contributed by atoms with Gasteiger partial charge in [-0.2, -0.15) is 0 Å². The summed E-state index contributed by atoms with van der Waals surface area (Å²) in [7, 11) is 3.25. The minimum Gasteiger partial charge on any atom is -0.464 e. The van der Waals surface area contributed by atoms with E-state index in [1.165, 1.54) is 20.9 Å². The third-order valence-electron chi connectivity index (χ3n) is 13.5. The zero-order valence-electron chi connectivity index (χ0n) is 40.5. The fourth-order valence-electron chi connectivity index (χ4n) is 10.0. The third kappa shape index (κ3) is 10.2. The fourth-order valence-corrected chi connectivity index (χ4v) is 10.0. The molecule has 0 radical (unpaired) electrons. The average Bonchev–Trinajstić information content (AvgIpc) is 3.63. The van der Waals surface area contributed by atoms with E-state index in [1.54, 1.807) is 27.3 Å². The lowest BCUT2D eigenvalue weighted by molar-refractivity contribution is -0.158. The van der Waals surface area contributed by atoms with Gasteiger partial charge in [-0.3, -0.25) is 34.0 Å². The summed E-state index contributed by atoms with van der Waals surface area (Å²) < 4.78 is 20.1. The number of ether oxygens (including phenoxy) is 3. The van der Waals surface area contributed by atoms with Gasteiger partial charge in [-0.15, -0.1) is 0 Å². The number of amides is 4. The predicted octanol–water partition coefficient (Wildman–Crippen LogP) is 6.03. The van der Waals surface area contributed by atoms with Crippen LogP contribution in [-0.2, 0) is 57.6 Å². The lowest BCUT2D eigenvalue weighted by Crippen LogP contribution is -2.67. The number of aryl methyl sites for hydroxylation is 1. The highest BCUT2D eigenvalue weighted by Gasteiger charge is 2.45. The van der Waals surface area contributed by atoms with Crippen molar-refractivity contribution in [3.63, 3.8) is 0 Å². The zero-order chi connectivity index (χ0) is 48.4. The second-order valence-electron chi connectivity index (χ2n) is 19.6. The van der Waals surface area contributed by atoms with Crippen molar-refractivity contribution in [2.24, 2.45) is 11.3 Å². The fraction of sp³-hybridized carbons (Fsp3) is 0.500. The molecule has 0 saturated carbocycles. The zero-order valence-corrected chi connectivity index (χ0v) is 40.5. The maximum atomic E-state index is 15.0. The van der Waals surface area contributed by atoms with E-state index in [1.807, 2.05) is 51.2 Å². The predicted molar refractivity (Wildman–Crippen MR) is 256 cm³/mol. The minimum absolute atomic E-state index is 0.0215. The molecule has 4 amide bonds. The van der Waals surface area contributed by atoms with Crippen LogP contribution in [0.25, 0.3) is 33.3 Å². The Bertz CT molecular complexity index is 2530. The second kappa shape index (κ2) is 20.1. The highest BCUT2D eigenvalue weighted by molar-refractivity contribution is 5.97. The van der Waals surface area contributed by atoms with E-state index in [0.717, 1.165) is 50.0 Å². The Kier molecular flexibility index (Phi) is 14.7. The number of nitrogens with zero attached hydrogens (tertiary/aromatic N) is 5. The largest absolute Gasteiger partial charge is 0.464 e. The van der Waals surface area contributed by atoms with Gasteiger partial charge in [0.1, 0.15) is 17.6 Å². The van der Waals surface area contributed by atoms with E-state index >= 15 is 4.79 Å². The van der Waals surface area contributed by atoms with Crippen molar-refractivity contribution < 1.29 is 38.2 Å². The van der Waals surface area contributed by atoms with Crippen LogP contribution in [0.4, 0.5) is 0 Å². The minimum atomic E-state index is -1.56. The van der Waals surface area contributed by atoms with Crippen molar-refractivity contribution in [3.05, 3.63) is 90.3 Å². The number of carbonyl (C=O) groups is 5. The van der Waals surface area contributed by atoms with Gasteiger partial charge < -0.3 is 33.9 Å². The molecule has 7 rings (SSSR count). The third-order valence-corrected chi connectivity index (χ3v) is 13.5. The molecule has 2 fully saturated rings. The first-order chi connectivity index (χ1) is 31.9. The first-order valence-corrected chi connectivity index (χ1v) is 23.5. The molecule has 2 aromatic heterocycles. The first-order valence-electron chi connectivity index (χ1n) is 23.5. The van der Waals surface area contributed by atoms with Crippen molar-refractivity contribution in [1.82, 2.24) is 35.1 Å². The van der Waals surface area contributed by atoms with Crippen LogP contribution in [0.2, 0.25) is 0 Å². The number of esters is 1. The summed E-state index contributed by atoms with van der Waals surface area (Å²) in [6.07, 6.45) is 5.37. The maximum absolute atomic E-state index is 15.0. The molecule has 15 heteroatoms. The van der Waals surface area contributed by atoms with Gasteiger partial charge in [0.2, 0.25) is 11.8 Å². The molecule has 3 aliphatic heterocycles. The average molecular weight is 918 g/mol. The molecule has 2 N–H and O–H groups in total. The number of aromatic nitrogens is 2. The Balaban J connectivity index is 1.31. The molecule has 2 aromatic carbocycles. The van der Waals surface area contributed by atoms with E-state index in [9.17, 15) is 19.2 Å². The Morgan fingerprint density at radius 3 is 2.54 bits per heavy atom. The van der Waals surface area contributed by atoms with Gasteiger partial charge in [0.15, 0.2) is 6.10 Å². The van der Waals surface area contributed by atoms with Crippen molar-refractivity contribution >= 4 is 40.5 Å². The summed E-state index contributed by atoms with van der Waals surface area (Å²) >= 11 is 0. The molecule has 0 unspecified atom stereocenters. The van der Waals surface area contributed by atoms with Crippen LogP contribution < -0.4 is 10.7 Å². The van der Waals surface area contributed by atoms with E-state index in [-0.39, 0.29) is 44.1 Å². The van der Waals surface area contributed by atoms with Crippen LogP contribution in [-0.4, -0.2) is 125 Å². The molecular formula is C52H67N7O8. The van der Waals surface area contributed by atoms with Crippen LogP contribution in [0.15, 0.2) is 73.6 Å². The lowest BCUT2D eigenvalue weighted by Gasteiger charge is -2.41. The summed E-state index contributed by atoms with van der Waals surface area (Å²) in [5.41, 5.74) is 8.99. The van der Waals surface area contributed by atoms with Gasteiger partial charge >= 0.3 is 5.97 Å². The van der Waals surface area contributed by atoms with Gasteiger partial charge in [0.25, 0.3) is 11.8 Å². The monoisotopic (exact) mass is 918 g/mol. The molecule has 3 aliphatic rings. The van der Waals surface area contributed by atoms with Crippen LogP contribution in [0.5, 0.6) is 0 Å². The molecule has 0 spiro atoms. The number of nitrogens with one attached hydrogen (secondary N) is 2. The molecular weight excluding hydrogens is 851 g/mol. The molecule has 0 aliphatic carbocycles. The quantitative estimate of drug-likeness (QED) is 0.142. The summed E-state index contributed by atoms with van der Waals surface area (Å²) in [5.74, 6) is -2.58. The Morgan fingerprint density at radius 2 is 1.82 bits per heavy atom. The number of fused-ring (bicyclic) bond motifs is 6. The van der Waals surface area contributed by atoms with E-state index in [4.69, 9.17) is 14.2 Å². The van der Waals surface area contributed by atoms with Crippen LogP contribution in [0.3, 0.4) is 0 Å². The molecule has 6 bridgehead atoms. The van der Waals surface area contributed by atoms with Crippen LogP contribution in [0, 0.1) is 11.3 Å². The Labute approximate surface area is 394 Å². The number of benzene rings is 2. The Hall–Kier alpha value is -5.90. The number of hydrazine groups is 1. The molecule has 4 aromatic rings. The number of pyridine rings is 1.